The van der Waals surface area contributed by atoms with Crippen molar-refractivity contribution in [3.8, 4) is 5.75 Å². The lowest BCUT2D eigenvalue weighted by Crippen LogP contribution is -2.12. The Kier molecular flexibility index (Phi) is 5.25. The minimum atomic E-state index is 0.489. The predicted octanol–water partition coefficient (Wildman–Crippen LogP) is 3.23. The third-order valence-corrected chi connectivity index (χ3v) is 3.01. The van der Waals surface area contributed by atoms with Crippen LogP contribution in [0.15, 0.2) is 16.6 Å². The average molecular weight is 288 g/mol. The molecule has 16 heavy (non-hydrogen) atoms. The van der Waals surface area contributed by atoms with E-state index >= 15 is 0 Å². The first-order valence-corrected chi connectivity index (χ1v) is 6.01. The van der Waals surface area contributed by atoms with E-state index in [4.69, 9.17) is 9.57 Å². The van der Waals surface area contributed by atoms with Gasteiger partial charge in [0.1, 0.15) is 5.75 Å². The summed E-state index contributed by atoms with van der Waals surface area (Å²) in [5, 5.41) is 0. The van der Waals surface area contributed by atoms with E-state index in [0.29, 0.717) is 12.5 Å². The third kappa shape index (κ3) is 3.20. The lowest BCUT2D eigenvalue weighted by Gasteiger charge is -2.15. The van der Waals surface area contributed by atoms with Crippen molar-refractivity contribution in [3.05, 3.63) is 27.7 Å². The number of methoxy groups -OCH3 is 1. The highest BCUT2D eigenvalue weighted by atomic mass is 79.9. The second-order valence-electron chi connectivity index (χ2n) is 3.88. The molecule has 0 unspecified atom stereocenters. The van der Waals surface area contributed by atoms with Gasteiger partial charge < -0.3 is 9.57 Å². The number of hydrogen-bond acceptors (Lipinski definition) is 3. The van der Waals surface area contributed by atoms with Gasteiger partial charge in [0.15, 0.2) is 0 Å². The van der Waals surface area contributed by atoms with Crippen LogP contribution in [0.1, 0.15) is 30.9 Å². The highest BCUT2D eigenvalue weighted by Gasteiger charge is 2.11. The summed E-state index contributed by atoms with van der Waals surface area (Å²) < 4.78 is 6.35. The molecule has 0 radical (unpaired) electrons. The number of rotatable bonds is 5. The maximum absolute atomic E-state index is 5.37. The van der Waals surface area contributed by atoms with E-state index < -0.39 is 0 Å². The summed E-state index contributed by atoms with van der Waals surface area (Å²) in [4.78, 5) is 4.86. The minimum Gasteiger partial charge on any atom is -0.495 e. The van der Waals surface area contributed by atoms with Crippen molar-refractivity contribution in [2.24, 2.45) is 0 Å². The van der Waals surface area contributed by atoms with Gasteiger partial charge in [-0.2, -0.15) is 5.48 Å². The predicted molar refractivity (Wildman–Crippen MR) is 68.6 cm³/mol. The first-order chi connectivity index (χ1) is 7.60. The quantitative estimate of drug-likeness (QED) is 0.844. The van der Waals surface area contributed by atoms with Gasteiger partial charge in [-0.3, -0.25) is 0 Å². The number of hydrogen-bond donors (Lipinski definition) is 1. The van der Waals surface area contributed by atoms with E-state index in [1.54, 1.807) is 14.2 Å². The van der Waals surface area contributed by atoms with Crippen LogP contribution in [0.3, 0.4) is 0 Å². The Balaban J connectivity index is 3.09. The first-order valence-electron chi connectivity index (χ1n) is 5.22. The average Bonchev–Trinajstić information content (AvgIpc) is 2.25. The lowest BCUT2D eigenvalue weighted by molar-refractivity contribution is 0.0861. The van der Waals surface area contributed by atoms with Gasteiger partial charge in [0.25, 0.3) is 0 Å². The Hall–Kier alpha value is -0.580. The molecular weight excluding hydrogens is 270 g/mol. The number of benzene rings is 1. The van der Waals surface area contributed by atoms with Crippen molar-refractivity contribution in [3.63, 3.8) is 0 Å². The van der Waals surface area contributed by atoms with Crippen LogP contribution < -0.4 is 10.2 Å². The van der Waals surface area contributed by atoms with Crippen molar-refractivity contribution >= 4 is 15.9 Å². The van der Waals surface area contributed by atoms with E-state index in [9.17, 15) is 0 Å². The highest BCUT2D eigenvalue weighted by Crippen LogP contribution is 2.32. The van der Waals surface area contributed by atoms with E-state index in [2.05, 4.69) is 47.4 Å². The van der Waals surface area contributed by atoms with Crippen LogP contribution in [0, 0.1) is 0 Å². The van der Waals surface area contributed by atoms with Crippen LogP contribution in [0.25, 0.3) is 0 Å². The second kappa shape index (κ2) is 6.23. The summed E-state index contributed by atoms with van der Waals surface area (Å²) in [6, 6.07) is 4.24. The van der Waals surface area contributed by atoms with Crippen molar-refractivity contribution in [1.29, 1.82) is 0 Å². The molecule has 0 saturated heterocycles. The van der Waals surface area contributed by atoms with Crippen LogP contribution in [-0.4, -0.2) is 14.2 Å². The molecular formula is C12H18BrNO2. The van der Waals surface area contributed by atoms with E-state index in [-0.39, 0.29) is 0 Å². The summed E-state index contributed by atoms with van der Waals surface area (Å²) in [7, 11) is 3.28. The topological polar surface area (TPSA) is 30.5 Å². The van der Waals surface area contributed by atoms with Gasteiger partial charge in [0.2, 0.25) is 0 Å². The largest absolute Gasteiger partial charge is 0.495 e. The molecule has 0 heterocycles. The molecule has 0 saturated carbocycles. The molecule has 0 aliphatic rings. The maximum Gasteiger partial charge on any atom is 0.137 e. The zero-order valence-electron chi connectivity index (χ0n) is 10.1. The van der Waals surface area contributed by atoms with E-state index in [0.717, 1.165) is 15.8 Å². The van der Waals surface area contributed by atoms with Crippen molar-refractivity contribution in [1.82, 2.24) is 5.48 Å². The maximum atomic E-state index is 5.37. The molecule has 0 aromatic heterocycles. The third-order valence-electron chi connectivity index (χ3n) is 2.42. The molecule has 1 rings (SSSR count). The summed E-state index contributed by atoms with van der Waals surface area (Å²) in [6.07, 6.45) is 0. The highest BCUT2D eigenvalue weighted by molar-refractivity contribution is 9.10. The van der Waals surface area contributed by atoms with Gasteiger partial charge in [0, 0.05) is 12.1 Å². The SMILES string of the molecule is CONCc1cc(C(C)C)cc(Br)c1OC. The molecule has 3 nitrogen and oxygen atoms in total. The van der Waals surface area contributed by atoms with Crippen LogP contribution >= 0.6 is 15.9 Å². The van der Waals surface area contributed by atoms with Crippen LogP contribution in [0.5, 0.6) is 5.75 Å². The summed E-state index contributed by atoms with van der Waals surface area (Å²) in [5.41, 5.74) is 5.20. The Bertz CT molecular complexity index is 353. The molecule has 1 N–H and O–H groups in total. The van der Waals surface area contributed by atoms with Gasteiger partial charge >= 0.3 is 0 Å². The van der Waals surface area contributed by atoms with Crippen LogP contribution in [0.4, 0.5) is 0 Å². The van der Waals surface area contributed by atoms with Crippen molar-refractivity contribution in [2.75, 3.05) is 14.2 Å². The zero-order chi connectivity index (χ0) is 12.1. The fourth-order valence-corrected chi connectivity index (χ4v) is 2.20. The van der Waals surface area contributed by atoms with Gasteiger partial charge in [0.05, 0.1) is 18.7 Å². The number of hydroxylamine groups is 1. The molecule has 4 heteroatoms. The number of halogens is 1. The summed E-state index contributed by atoms with van der Waals surface area (Å²) >= 11 is 3.52. The Morgan fingerprint density at radius 3 is 2.50 bits per heavy atom. The van der Waals surface area contributed by atoms with Crippen molar-refractivity contribution in [2.45, 2.75) is 26.3 Å². The molecule has 0 aliphatic carbocycles. The number of nitrogens with one attached hydrogen (secondary N) is 1. The van der Waals surface area contributed by atoms with Crippen molar-refractivity contribution < 1.29 is 9.57 Å². The monoisotopic (exact) mass is 287 g/mol. The Labute approximate surface area is 105 Å². The molecule has 90 valence electrons. The van der Waals surface area contributed by atoms with E-state index in [1.807, 2.05) is 0 Å². The second-order valence-corrected chi connectivity index (χ2v) is 4.73. The fraction of sp³-hybridized carbons (Fsp3) is 0.500. The van der Waals surface area contributed by atoms with Gasteiger partial charge in [-0.1, -0.05) is 19.9 Å². The van der Waals surface area contributed by atoms with Gasteiger partial charge in [-0.05, 0) is 33.5 Å². The smallest absolute Gasteiger partial charge is 0.137 e. The summed E-state index contributed by atoms with van der Waals surface area (Å²) in [6.45, 7) is 4.96. The minimum absolute atomic E-state index is 0.489. The molecule has 0 aliphatic heterocycles. The first kappa shape index (κ1) is 13.5. The Morgan fingerprint density at radius 2 is 2.00 bits per heavy atom. The van der Waals surface area contributed by atoms with Gasteiger partial charge in [-0.25, -0.2) is 0 Å². The number of ether oxygens (including phenoxy) is 1. The normalized spacial score (nSPS) is 10.9. The van der Waals surface area contributed by atoms with Crippen LogP contribution in [-0.2, 0) is 11.4 Å². The molecule has 0 amide bonds. The molecule has 0 fully saturated rings. The molecule has 0 spiro atoms. The zero-order valence-corrected chi connectivity index (χ0v) is 11.7. The molecule has 0 atom stereocenters. The lowest BCUT2D eigenvalue weighted by atomic mass is 10.0. The molecule has 0 bridgehead atoms. The van der Waals surface area contributed by atoms with Gasteiger partial charge in [-0.15, -0.1) is 0 Å². The Morgan fingerprint density at radius 1 is 1.31 bits per heavy atom. The molecule has 1 aromatic rings. The van der Waals surface area contributed by atoms with E-state index in [1.165, 1.54) is 5.56 Å². The molecule has 1 aromatic carbocycles. The van der Waals surface area contributed by atoms with Crippen LogP contribution in [0.2, 0.25) is 0 Å². The fourth-order valence-electron chi connectivity index (χ4n) is 1.52. The standard InChI is InChI=1S/C12H18BrNO2/c1-8(2)9-5-10(7-14-16-4)12(15-3)11(13)6-9/h5-6,8,14H,7H2,1-4H3. The summed E-state index contributed by atoms with van der Waals surface area (Å²) in [5.74, 6) is 1.34.